The van der Waals surface area contributed by atoms with Gasteiger partial charge in [0.1, 0.15) is 5.82 Å². The van der Waals surface area contributed by atoms with Crippen molar-refractivity contribution in [2.75, 3.05) is 13.7 Å². The Morgan fingerprint density at radius 3 is 3.00 bits per heavy atom. The van der Waals surface area contributed by atoms with Crippen molar-refractivity contribution in [2.24, 2.45) is 5.92 Å². The predicted molar refractivity (Wildman–Crippen MR) is 59.9 cm³/mol. The Balaban J connectivity index is 2.16. The van der Waals surface area contributed by atoms with Crippen LogP contribution in [0.3, 0.4) is 0 Å². The first-order valence-electron chi connectivity index (χ1n) is 5.56. The monoisotopic (exact) mass is 238 g/mol. The summed E-state index contributed by atoms with van der Waals surface area (Å²) >= 11 is 0. The molecule has 0 aromatic heterocycles. The van der Waals surface area contributed by atoms with Gasteiger partial charge in [-0.3, -0.25) is 4.79 Å². The maximum Gasteiger partial charge on any atom is 0.305 e. The van der Waals surface area contributed by atoms with Crippen molar-refractivity contribution < 1.29 is 19.0 Å². The highest BCUT2D eigenvalue weighted by molar-refractivity contribution is 5.70. The zero-order valence-electron chi connectivity index (χ0n) is 9.65. The summed E-state index contributed by atoms with van der Waals surface area (Å²) in [5.41, 5.74) is 0.296. The lowest BCUT2D eigenvalue weighted by Gasteiger charge is -2.14. The number of carbonyl (C=O) groups is 1. The summed E-state index contributed by atoms with van der Waals surface area (Å²) in [5.74, 6) is -0.567. The van der Waals surface area contributed by atoms with Gasteiger partial charge >= 0.3 is 5.97 Å². The molecule has 1 aliphatic carbocycles. The minimum absolute atomic E-state index is 0.0433. The fourth-order valence-electron chi connectivity index (χ4n) is 2.37. The zero-order valence-corrected chi connectivity index (χ0v) is 9.65. The molecule has 0 radical (unpaired) electrons. The third-order valence-electron chi connectivity index (χ3n) is 3.55. The molecule has 0 heterocycles. The predicted octanol–water partition coefficient (Wildman–Crippen LogP) is 1.64. The average molecular weight is 238 g/mol. The molecule has 1 saturated carbocycles. The lowest BCUT2D eigenvalue weighted by atomic mass is 9.93. The summed E-state index contributed by atoms with van der Waals surface area (Å²) in [6, 6.07) is 6.20. The first-order chi connectivity index (χ1) is 8.12. The molecule has 0 aliphatic heterocycles. The Morgan fingerprint density at radius 2 is 2.41 bits per heavy atom. The number of ether oxygens (including phenoxy) is 1. The average Bonchev–Trinajstić information content (AvgIpc) is 3.03. The van der Waals surface area contributed by atoms with Gasteiger partial charge in [-0.15, -0.1) is 0 Å². The molecular formula is C13H15FO3. The van der Waals surface area contributed by atoms with Crippen molar-refractivity contribution in [2.45, 2.75) is 18.3 Å². The number of aliphatic hydroxyl groups excluding tert-OH is 1. The summed E-state index contributed by atoms with van der Waals surface area (Å²) in [7, 11) is 1.34. The van der Waals surface area contributed by atoms with Crippen LogP contribution in [0.5, 0.6) is 0 Å². The Kier molecular flexibility index (Phi) is 3.15. The van der Waals surface area contributed by atoms with Crippen molar-refractivity contribution in [1.82, 2.24) is 0 Å². The zero-order chi connectivity index (χ0) is 12.5. The maximum atomic E-state index is 13.1. The van der Waals surface area contributed by atoms with Crippen LogP contribution < -0.4 is 0 Å². The van der Waals surface area contributed by atoms with Crippen molar-refractivity contribution >= 4 is 5.97 Å². The van der Waals surface area contributed by atoms with Gasteiger partial charge in [-0.05, 0) is 30.0 Å². The molecule has 0 spiro atoms. The molecule has 0 amide bonds. The minimum atomic E-state index is -0.462. The smallest absolute Gasteiger partial charge is 0.305 e. The minimum Gasteiger partial charge on any atom is -0.469 e. The van der Waals surface area contributed by atoms with Crippen LogP contribution in [0.15, 0.2) is 24.3 Å². The molecule has 2 atom stereocenters. The van der Waals surface area contributed by atoms with Gasteiger partial charge in [0.25, 0.3) is 0 Å². The summed E-state index contributed by atoms with van der Waals surface area (Å²) < 4.78 is 17.7. The van der Waals surface area contributed by atoms with Gasteiger partial charge in [0.2, 0.25) is 0 Å². The summed E-state index contributed by atoms with van der Waals surface area (Å²) in [6.07, 6.45) is 0.968. The molecule has 1 aromatic carbocycles. The van der Waals surface area contributed by atoms with Gasteiger partial charge in [0, 0.05) is 11.8 Å². The normalized spacial score (nSPS) is 26.6. The van der Waals surface area contributed by atoms with E-state index in [2.05, 4.69) is 4.74 Å². The van der Waals surface area contributed by atoms with E-state index in [-0.39, 0.29) is 30.7 Å². The van der Waals surface area contributed by atoms with Gasteiger partial charge < -0.3 is 9.84 Å². The van der Waals surface area contributed by atoms with E-state index < -0.39 is 5.41 Å². The van der Waals surface area contributed by atoms with E-state index in [4.69, 9.17) is 0 Å². The van der Waals surface area contributed by atoms with Crippen LogP contribution in [-0.4, -0.2) is 24.8 Å². The van der Waals surface area contributed by atoms with E-state index >= 15 is 0 Å². The lowest BCUT2D eigenvalue weighted by Crippen LogP contribution is -2.17. The quantitative estimate of drug-likeness (QED) is 0.811. The van der Waals surface area contributed by atoms with Gasteiger partial charge in [0.05, 0.1) is 13.7 Å². The molecule has 0 bridgehead atoms. The number of methoxy groups -OCH3 is 1. The number of aliphatic hydroxyl groups is 1. The van der Waals surface area contributed by atoms with Crippen LogP contribution in [0, 0.1) is 11.7 Å². The number of benzene rings is 1. The van der Waals surface area contributed by atoms with Crippen LogP contribution >= 0.6 is 0 Å². The maximum absolute atomic E-state index is 13.1. The first kappa shape index (κ1) is 12.0. The highest BCUT2D eigenvalue weighted by Crippen LogP contribution is 2.55. The van der Waals surface area contributed by atoms with E-state index in [0.717, 1.165) is 5.56 Å². The molecule has 0 saturated heterocycles. The number of rotatable bonds is 4. The standard InChI is InChI=1S/C13H15FO3/c1-17-12(16)6-10-7-13(10,8-15)9-3-2-4-11(14)5-9/h2-5,10,15H,6-8H2,1H3/t10-,13+/m0/s1. The van der Waals surface area contributed by atoms with Crippen LogP contribution in [0.25, 0.3) is 0 Å². The van der Waals surface area contributed by atoms with E-state index in [9.17, 15) is 14.3 Å². The summed E-state index contributed by atoms with van der Waals surface area (Å²) in [5, 5.41) is 9.48. The van der Waals surface area contributed by atoms with Crippen LogP contribution in [0.4, 0.5) is 4.39 Å². The number of hydrogen-bond donors (Lipinski definition) is 1. The molecular weight excluding hydrogens is 223 g/mol. The third kappa shape index (κ3) is 2.17. The van der Waals surface area contributed by atoms with E-state index in [0.29, 0.717) is 6.42 Å². The molecule has 1 aliphatic rings. The summed E-state index contributed by atoms with van der Waals surface area (Å²) in [4.78, 5) is 11.2. The summed E-state index contributed by atoms with van der Waals surface area (Å²) in [6.45, 7) is -0.0713. The second-order valence-electron chi connectivity index (χ2n) is 4.51. The van der Waals surface area contributed by atoms with Gasteiger partial charge in [-0.1, -0.05) is 12.1 Å². The van der Waals surface area contributed by atoms with E-state index in [1.165, 1.54) is 19.2 Å². The largest absolute Gasteiger partial charge is 0.469 e. The fraction of sp³-hybridized carbons (Fsp3) is 0.462. The van der Waals surface area contributed by atoms with E-state index in [1.54, 1.807) is 12.1 Å². The highest BCUT2D eigenvalue weighted by atomic mass is 19.1. The number of halogens is 1. The molecule has 2 rings (SSSR count). The Hall–Kier alpha value is -1.42. The SMILES string of the molecule is COC(=O)C[C@H]1C[C@@]1(CO)c1cccc(F)c1. The molecule has 17 heavy (non-hydrogen) atoms. The lowest BCUT2D eigenvalue weighted by molar-refractivity contribution is -0.141. The Morgan fingerprint density at radius 1 is 1.65 bits per heavy atom. The van der Waals surface area contributed by atoms with Crippen molar-refractivity contribution in [3.8, 4) is 0 Å². The van der Waals surface area contributed by atoms with Crippen molar-refractivity contribution in [3.63, 3.8) is 0 Å². The molecule has 1 fully saturated rings. The Bertz CT molecular complexity index is 432. The number of hydrogen-bond acceptors (Lipinski definition) is 3. The van der Waals surface area contributed by atoms with E-state index in [1.807, 2.05) is 0 Å². The van der Waals surface area contributed by atoms with Gasteiger partial charge in [-0.25, -0.2) is 4.39 Å². The highest BCUT2D eigenvalue weighted by Gasteiger charge is 2.55. The van der Waals surface area contributed by atoms with Crippen LogP contribution in [0.2, 0.25) is 0 Å². The number of carbonyl (C=O) groups excluding carboxylic acids is 1. The third-order valence-corrected chi connectivity index (χ3v) is 3.55. The van der Waals surface area contributed by atoms with Crippen molar-refractivity contribution in [1.29, 1.82) is 0 Å². The molecule has 92 valence electrons. The second kappa shape index (κ2) is 4.45. The second-order valence-corrected chi connectivity index (χ2v) is 4.51. The molecule has 1 N–H and O–H groups in total. The Labute approximate surface area is 99.2 Å². The van der Waals surface area contributed by atoms with Crippen LogP contribution in [0.1, 0.15) is 18.4 Å². The molecule has 1 aromatic rings. The van der Waals surface area contributed by atoms with Gasteiger partial charge in [-0.2, -0.15) is 0 Å². The van der Waals surface area contributed by atoms with Crippen LogP contribution in [-0.2, 0) is 14.9 Å². The molecule has 3 nitrogen and oxygen atoms in total. The van der Waals surface area contributed by atoms with Gasteiger partial charge in [0.15, 0.2) is 0 Å². The fourth-order valence-corrected chi connectivity index (χ4v) is 2.37. The topological polar surface area (TPSA) is 46.5 Å². The van der Waals surface area contributed by atoms with Crippen molar-refractivity contribution in [3.05, 3.63) is 35.6 Å². The number of esters is 1. The molecule has 4 heteroatoms. The molecule has 0 unspecified atom stereocenters. The first-order valence-corrected chi connectivity index (χ1v) is 5.56.